The summed E-state index contributed by atoms with van der Waals surface area (Å²) in [5, 5.41) is 8.80. The number of pyridine rings is 1. The van der Waals surface area contributed by atoms with E-state index in [1.165, 1.54) is 0 Å². The Kier molecular flexibility index (Phi) is 3.94. The average Bonchev–Trinajstić information content (AvgIpc) is 2.53. The van der Waals surface area contributed by atoms with Crippen molar-refractivity contribution in [1.82, 2.24) is 15.0 Å². The molecule has 1 aliphatic heterocycles. The molecule has 2 aromatic rings. The molecule has 3 rings (SSSR count). The second-order valence-electron chi connectivity index (χ2n) is 5.46. The molecule has 0 amide bonds. The molecule has 1 N–H and O–H groups in total. The first-order valence-corrected chi connectivity index (χ1v) is 7.27. The summed E-state index contributed by atoms with van der Waals surface area (Å²) in [5.41, 5.74) is 1.45. The number of carboxylic acid groups (broad SMARTS) is 1. The lowest BCUT2D eigenvalue weighted by Gasteiger charge is -2.33. The van der Waals surface area contributed by atoms with Crippen LogP contribution in [0.4, 0.5) is 5.82 Å². The Balaban J connectivity index is 1.73. The average molecular weight is 286 g/mol. The summed E-state index contributed by atoms with van der Waals surface area (Å²) < 4.78 is 0. The lowest BCUT2D eigenvalue weighted by Crippen LogP contribution is -2.36. The van der Waals surface area contributed by atoms with Crippen LogP contribution in [-0.4, -0.2) is 39.1 Å². The number of anilines is 1. The molecule has 6 heteroatoms. The smallest absolute Gasteiger partial charge is 0.303 e. The third kappa shape index (κ3) is 3.26. The Morgan fingerprint density at radius 1 is 1.33 bits per heavy atom. The number of aliphatic carboxylic acids is 1. The Bertz CT molecular complexity index is 646. The molecule has 0 radical (unpaired) electrons. The van der Waals surface area contributed by atoms with Crippen LogP contribution >= 0.6 is 0 Å². The molecule has 0 saturated carbocycles. The minimum Gasteiger partial charge on any atom is -0.481 e. The first-order chi connectivity index (χ1) is 10.2. The van der Waals surface area contributed by atoms with E-state index in [-0.39, 0.29) is 6.42 Å². The zero-order valence-corrected chi connectivity index (χ0v) is 11.8. The molecule has 1 aliphatic rings. The SMILES string of the molecule is O=C(O)CCC1CCCN(c2ccc3nccnc3n2)C1. The van der Waals surface area contributed by atoms with Crippen LogP contribution in [0.3, 0.4) is 0 Å². The van der Waals surface area contributed by atoms with E-state index in [9.17, 15) is 4.79 Å². The highest BCUT2D eigenvalue weighted by Gasteiger charge is 2.21. The molecule has 0 bridgehead atoms. The van der Waals surface area contributed by atoms with Crippen LogP contribution in [0.1, 0.15) is 25.7 Å². The minimum atomic E-state index is -0.716. The van der Waals surface area contributed by atoms with Gasteiger partial charge in [0.2, 0.25) is 0 Å². The minimum absolute atomic E-state index is 0.245. The van der Waals surface area contributed by atoms with Crippen LogP contribution in [-0.2, 0) is 4.79 Å². The van der Waals surface area contributed by atoms with Crippen molar-refractivity contribution in [2.45, 2.75) is 25.7 Å². The number of hydrogen-bond acceptors (Lipinski definition) is 5. The van der Waals surface area contributed by atoms with Crippen molar-refractivity contribution in [2.75, 3.05) is 18.0 Å². The Hall–Kier alpha value is -2.24. The summed E-state index contributed by atoms with van der Waals surface area (Å²) in [6, 6.07) is 3.90. The summed E-state index contributed by atoms with van der Waals surface area (Å²) in [6.45, 7) is 1.83. The van der Waals surface area contributed by atoms with Crippen molar-refractivity contribution in [3.63, 3.8) is 0 Å². The molecule has 21 heavy (non-hydrogen) atoms. The van der Waals surface area contributed by atoms with Gasteiger partial charge in [0.15, 0.2) is 5.65 Å². The van der Waals surface area contributed by atoms with E-state index in [1.807, 2.05) is 12.1 Å². The van der Waals surface area contributed by atoms with E-state index >= 15 is 0 Å². The van der Waals surface area contributed by atoms with Gasteiger partial charge in [0, 0.05) is 31.9 Å². The number of piperidine rings is 1. The molecule has 110 valence electrons. The molecule has 0 aromatic carbocycles. The third-order valence-corrected chi connectivity index (χ3v) is 3.93. The van der Waals surface area contributed by atoms with E-state index in [1.54, 1.807) is 12.4 Å². The van der Waals surface area contributed by atoms with Gasteiger partial charge in [-0.3, -0.25) is 9.78 Å². The summed E-state index contributed by atoms with van der Waals surface area (Å²) in [5.74, 6) is 0.614. The predicted molar refractivity (Wildman–Crippen MR) is 79.1 cm³/mol. The third-order valence-electron chi connectivity index (χ3n) is 3.93. The molecule has 1 unspecified atom stereocenters. The Morgan fingerprint density at radius 2 is 2.19 bits per heavy atom. The molecule has 0 aliphatic carbocycles. The van der Waals surface area contributed by atoms with Gasteiger partial charge in [-0.15, -0.1) is 0 Å². The van der Waals surface area contributed by atoms with Crippen molar-refractivity contribution < 1.29 is 9.90 Å². The lowest BCUT2D eigenvalue weighted by atomic mass is 9.93. The first-order valence-electron chi connectivity index (χ1n) is 7.27. The molecule has 6 nitrogen and oxygen atoms in total. The van der Waals surface area contributed by atoms with Gasteiger partial charge in [-0.25, -0.2) is 9.97 Å². The maximum atomic E-state index is 10.7. The molecule has 2 aromatic heterocycles. The van der Waals surface area contributed by atoms with Crippen molar-refractivity contribution in [1.29, 1.82) is 0 Å². The molecule has 1 fully saturated rings. The summed E-state index contributed by atoms with van der Waals surface area (Å²) in [6.07, 6.45) is 6.45. The number of carboxylic acids is 1. The van der Waals surface area contributed by atoms with Crippen molar-refractivity contribution in [3.05, 3.63) is 24.5 Å². The van der Waals surface area contributed by atoms with Crippen LogP contribution in [0.25, 0.3) is 11.2 Å². The molecule has 3 heterocycles. The second-order valence-corrected chi connectivity index (χ2v) is 5.46. The van der Waals surface area contributed by atoms with Gasteiger partial charge in [0.05, 0.1) is 0 Å². The van der Waals surface area contributed by atoms with E-state index < -0.39 is 5.97 Å². The fourth-order valence-electron chi connectivity index (χ4n) is 2.86. The molecule has 0 spiro atoms. The number of hydrogen-bond donors (Lipinski definition) is 1. The van der Waals surface area contributed by atoms with E-state index in [0.29, 0.717) is 11.6 Å². The summed E-state index contributed by atoms with van der Waals surface area (Å²) in [4.78, 5) is 25.9. The monoisotopic (exact) mass is 286 g/mol. The Morgan fingerprint density at radius 3 is 3.05 bits per heavy atom. The highest BCUT2D eigenvalue weighted by molar-refractivity contribution is 5.71. The highest BCUT2D eigenvalue weighted by Crippen LogP contribution is 2.25. The number of aromatic nitrogens is 3. The van der Waals surface area contributed by atoms with Crippen LogP contribution in [0, 0.1) is 5.92 Å². The summed E-state index contributed by atoms with van der Waals surface area (Å²) in [7, 11) is 0. The fraction of sp³-hybridized carbons (Fsp3) is 0.467. The number of carbonyl (C=O) groups is 1. The standard InChI is InChI=1S/C15H18N4O2/c20-14(21)6-3-11-2-1-9-19(10-11)13-5-4-12-15(18-13)17-8-7-16-12/h4-5,7-8,11H,1-3,6,9-10H2,(H,20,21). The van der Waals surface area contributed by atoms with Crippen LogP contribution in [0.15, 0.2) is 24.5 Å². The highest BCUT2D eigenvalue weighted by atomic mass is 16.4. The normalized spacial score (nSPS) is 18.9. The van der Waals surface area contributed by atoms with Gasteiger partial charge in [0.25, 0.3) is 0 Å². The van der Waals surface area contributed by atoms with E-state index in [2.05, 4.69) is 19.9 Å². The largest absolute Gasteiger partial charge is 0.481 e. The predicted octanol–water partition coefficient (Wildman–Crippen LogP) is 2.11. The molecular weight excluding hydrogens is 268 g/mol. The first kappa shape index (κ1) is 13.7. The second kappa shape index (κ2) is 6.03. The quantitative estimate of drug-likeness (QED) is 0.927. The molecule has 1 atom stereocenters. The van der Waals surface area contributed by atoms with Gasteiger partial charge in [-0.2, -0.15) is 0 Å². The van der Waals surface area contributed by atoms with Gasteiger partial charge < -0.3 is 10.0 Å². The lowest BCUT2D eigenvalue weighted by molar-refractivity contribution is -0.137. The number of rotatable bonds is 4. The van der Waals surface area contributed by atoms with Crippen LogP contribution in [0.2, 0.25) is 0 Å². The van der Waals surface area contributed by atoms with Crippen molar-refractivity contribution >= 4 is 23.0 Å². The van der Waals surface area contributed by atoms with Crippen LogP contribution < -0.4 is 4.90 Å². The molecular formula is C15H18N4O2. The van der Waals surface area contributed by atoms with Crippen molar-refractivity contribution in [2.24, 2.45) is 5.92 Å². The maximum Gasteiger partial charge on any atom is 0.303 e. The van der Waals surface area contributed by atoms with Crippen LogP contribution in [0.5, 0.6) is 0 Å². The topological polar surface area (TPSA) is 79.2 Å². The van der Waals surface area contributed by atoms with Gasteiger partial charge in [-0.05, 0) is 37.3 Å². The van der Waals surface area contributed by atoms with Gasteiger partial charge >= 0.3 is 5.97 Å². The fourth-order valence-corrected chi connectivity index (χ4v) is 2.86. The number of fused-ring (bicyclic) bond motifs is 1. The summed E-state index contributed by atoms with van der Waals surface area (Å²) >= 11 is 0. The van der Waals surface area contributed by atoms with Gasteiger partial charge in [-0.1, -0.05) is 0 Å². The maximum absolute atomic E-state index is 10.7. The van der Waals surface area contributed by atoms with E-state index in [4.69, 9.17) is 5.11 Å². The number of nitrogens with zero attached hydrogens (tertiary/aromatic N) is 4. The zero-order valence-electron chi connectivity index (χ0n) is 11.8. The van der Waals surface area contributed by atoms with Gasteiger partial charge in [0.1, 0.15) is 11.3 Å². The Labute approximate surface area is 122 Å². The molecule has 1 saturated heterocycles. The van der Waals surface area contributed by atoms with Crippen molar-refractivity contribution in [3.8, 4) is 0 Å². The zero-order chi connectivity index (χ0) is 14.7. The van der Waals surface area contributed by atoms with E-state index in [0.717, 1.165) is 43.7 Å².